The summed E-state index contributed by atoms with van der Waals surface area (Å²) < 4.78 is 49.8. The maximum absolute atomic E-state index is 12.8. The van der Waals surface area contributed by atoms with Gasteiger partial charge in [0.25, 0.3) is 0 Å². The number of benzene rings is 2. The normalized spacial score (nSPS) is 12.3. The molecule has 0 aliphatic rings. The van der Waals surface area contributed by atoms with Gasteiger partial charge in [0.2, 0.25) is 0 Å². The van der Waals surface area contributed by atoms with Crippen molar-refractivity contribution >= 4 is 39.0 Å². The molecule has 3 aromatic rings. The van der Waals surface area contributed by atoms with Crippen molar-refractivity contribution in [3.05, 3.63) is 75.1 Å². The van der Waals surface area contributed by atoms with E-state index in [1.807, 2.05) is 18.2 Å². The quantitative estimate of drug-likeness (QED) is 0.180. The summed E-state index contributed by atoms with van der Waals surface area (Å²) in [5.74, 6) is -0.00308. The number of esters is 1. The van der Waals surface area contributed by atoms with Gasteiger partial charge in [-0.05, 0) is 97.9 Å². The Morgan fingerprint density at radius 2 is 1.53 bits per heavy atom. The summed E-state index contributed by atoms with van der Waals surface area (Å²) in [4.78, 5) is 26.7. The van der Waals surface area contributed by atoms with Crippen LogP contribution in [0.25, 0.3) is 10.4 Å². The van der Waals surface area contributed by atoms with Gasteiger partial charge in [0.1, 0.15) is 11.4 Å². The van der Waals surface area contributed by atoms with Crippen LogP contribution in [0.5, 0.6) is 5.75 Å². The van der Waals surface area contributed by atoms with Crippen molar-refractivity contribution in [3.8, 4) is 16.2 Å². The molecular formula is C29H30BrF3O4S. The molecule has 3 rings (SSSR count). The van der Waals surface area contributed by atoms with Gasteiger partial charge in [0.15, 0.2) is 11.4 Å². The van der Waals surface area contributed by atoms with Crippen molar-refractivity contribution in [1.29, 1.82) is 0 Å². The third-order valence-corrected chi connectivity index (χ3v) is 7.21. The van der Waals surface area contributed by atoms with Gasteiger partial charge in [0.05, 0.1) is 15.8 Å². The molecule has 0 N–H and O–H groups in total. The van der Waals surface area contributed by atoms with Gasteiger partial charge in [-0.2, -0.15) is 13.2 Å². The number of halogens is 4. The summed E-state index contributed by atoms with van der Waals surface area (Å²) >= 11 is 4.81. The van der Waals surface area contributed by atoms with Crippen LogP contribution in [0.3, 0.4) is 0 Å². The summed E-state index contributed by atoms with van der Waals surface area (Å²) in [7, 11) is 0. The zero-order valence-electron chi connectivity index (χ0n) is 21.9. The number of hydrogen-bond donors (Lipinski definition) is 0. The average molecular weight is 612 g/mol. The molecule has 0 aliphatic heterocycles. The standard InChI is InChI=1S/C29H30BrF3O4S/c1-27(2,3)37-26(35)28(4,5)36-23-13-9-18(16-21(23)30)8-12-22(34)25-15-14-24(38-25)20-10-6-19(7-11-20)17-29(31,32)33/h6-7,9-11,13-16H,8,12,17H2,1-5H3. The molecule has 0 aliphatic carbocycles. The summed E-state index contributed by atoms with van der Waals surface area (Å²) in [6.07, 6.45) is -4.41. The zero-order valence-corrected chi connectivity index (χ0v) is 24.3. The molecular weight excluding hydrogens is 581 g/mol. The van der Waals surface area contributed by atoms with Crippen molar-refractivity contribution in [3.63, 3.8) is 0 Å². The highest BCUT2D eigenvalue weighted by Gasteiger charge is 2.35. The highest BCUT2D eigenvalue weighted by molar-refractivity contribution is 9.10. The second-order valence-corrected chi connectivity index (χ2v) is 12.4. The van der Waals surface area contributed by atoms with Crippen LogP contribution in [-0.2, 0) is 22.4 Å². The van der Waals surface area contributed by atoms with Crippen LogP contribution in [0, 0.1) is 0 Å². The van der Waals surface area contributed by atoms with Crippen LogP contribution in [0.1, 0.15) is 61.8 Å². The first-order valence-electron chi connectivity index (χ1n) is 12.0. The smallest absolute Gasteiger partial charge is 0.393 e. The van der Waals surface area contributed by atoms with Crippen molar-refractivity contribution in [1.82, 2.24) is 0 Å². The number of ketones is 1. The topological polar surface area (TPSA) is 52.6 Å². The van der Waals surface area contributed by atoms with E-state index in [0.717, 1.165) is 16.0 Å². The Balaban J connectivity index is 1.59. The molecule has 2 aromatic carbocycles. The van der Waals surface area contributed by atoms with E-state index in [1.54, 1.807) is 58.9 Å². The van der Waals surface area contributed by atoms with E-state index in [2.05, 4.69) is 15.9 Å². The van der Waals surface area contributed by atoms with E-state index >= 15 is 0 Å². The summed E-state index contributed by atoms with van der Waals surface area (Å²) in [6.45, 7) is 8.67. The van der Waals surface area contributed by atoms with Crippen molar-refractivity contribution in [2.24, 2.45) is 0 Å². The molecule has 0 bridgehead atoms. The van der Waals surface area contributed by atoms with E-state index in [4.69, 9.17) is 9.47 Å². The lowest BCUT2D eigenvalue weighted by molar-refractivity contribution is -0.171. The molecule has 0 unspecified atom stereocenters. The molecule has 0 atom stereocenters. The van der Waals surface area contributed by atoms with Crippen LogP contribution < -0.4 is 4.74 Å². The number of Topliss-reactive ketones (excluding diaryl/α,β-unsaturated/α-hetero) is 1. The Morgan fingerprint density at radius 1 is 0.895 bits per heavy atom. The lowest BCUT2D eigenvalue weighted by Crippen LogP contribution is -2.43. The van der Waals surface area contributed by atoms with E-state index in [1.165, 1.54) is 23.5 Å². The molecule has 38 heavy (non-hydrogen) atoms. The predicted molar refractivity (Wildman–Crippen MR) is 147 cm³/mol. The van der Waals surface area contributed by atoms with Crippen LogP contribution in [0.2, 0.25) is 0 Å². The first kappa shape index (κ1) is 29.9. The van der Waals surface area contributed by atoms with Crippen molar-refractivity contribution in [2.45, 2.75) is 71.3 Å². The number of alkyl halides is 3. The molecule has 204 valence electrons. The molecule has 0 radical (unpaired) electrons. The highest BCUT2D eigenvalue weighted by Crippen LogP contribution is 2.32. The molecule has 0 spiro atoms. The zero-order chi connectivity index (χ0) is 28.3. The van der Waals surface area contributed by atoms with Gasteiger partial charge in [0, 0.05) is 11.3 Å². The fourth-order valence-electron chi connectivity index (χ4n) is 3.54. The van der Waals surface area contributed by atoms with E-state index in [-0.39, 0.29) is 11.3 Å². The van der Waals surface area contributed by atoms with Gasteiger partial charge >= 0.3 is 12.1 Å². The van der Waals surface area contributed by atoms with Gasteiger partial charge in [-0.3, -0.25) is 4.79 Å². The SMILES string of the molecule is CC(C)(C)OC(=O)C(C)(C)Oc1ccc(CCC(=O)c2ccc(-c3ccc(CC(F)(F)F)cc3)s2)cc1Br. The van der Waals surface area contributed by atoms with Gasteiger partial charge in [-0.1, -0.05) is 30.3 Å². The molecule has 1 aromatic heterocycles. The van der Waals surface area contributed by atoms with Crippen LogP contribution in [-0.4, -0.2) is 29.1 Å². The first-order valence-corrected chi connectivity index (χ1v) is 13.6. The van der Waals surface area contributed by atoms with Gasteiger partial charge < -0.3 is 9.47 Å². The maximum Gasteiger partial charge on any atom is 0.393 e. The fourth-order valence-corrected chi connectivity index (χ4v) is 5.03. The Labute approximate surface area is 233 Å². The molecule has 9 heteroatoms. The molecule has 0 saturated carbocycles. The lowest BCUT2D eigenvalue weighted by atomic mass is 10.1. The largest absolute Gasteiger partial charge is 0.475 e. The number of aryl methyl sites for hydroxylation is 1. The average Bonchev–Trinajstić information content (AvgIpc) is 3.28. The molecule has 0 amide bonds. The third-order valence-electron chi connectivity index (χ3n) is 5.42. The number of rotatable bonds is 9. The number of carbonyl (C=O) groups excluding carboxylic acids is 2. The van der Waals surface area contributed by atoms with Crippen molar-refractivity contribution in [2.75, 3.05) is 0 Å². The van der Waals surface area contributed by atoms with Crippen molar-refractivity contribution < 1.29 is 32.2 Å². The second-order valence-electron chi connectivity index (χ2n) is 10.5. The number of thiophene rings is 1. The van der Waals surface area contributed by atoms with E-state index < -0.39 is 29.8 Å². The number of ether oxygens (including phenoxy) is 2. The number of hydrogen-bond acceptors (Lipinski definition) is 5. The molecule has 0 saturated heterocycles. The minimum absolute atomic E-state index is 0.0163. The van der Waals surface area contributed by atoms with Gasteiger partial charge in [-0.15, -0.1) is 11.3 Å². The summed E-state index contributed by atoms with van der Waals surface area (Å²) in [5, 5.41) is 0. The minimum atomic E-state index is -4.25. The highest BCUT2D eigenvalue weighted by atomic mass is 79.9. The Bertz CT molecular complexity index is 1290. The predicted octanol–water partition coefficient (Wildman–Crippen LogP) is 8.60. The molecule has 1 heterocycles. The Hall–Kier alpha value is -2.65. The summed E-state index contributed by atoms with van der Waals surface area (Å²) in [5.41, 5.74) is 0.0715. The Kier molecular flexibility index (Phi) is 9.14. The van der Waals surface area contributed by atoms with Crippen LogP contribution >= 0.6 is 27.3 Å². The third kappa shape index (κ3) is 8.70. The van der Waals surface area contributed by atoms with E-state index in [9.17, 15) is 22.8 Å². The van der Waals surface area contributed by atoms with Gasteiger partial charge in [-0.25, -0.2) is 4.79 Å². The monoisotopic (exact) mass is 610 g/mol. The number of carbonyl (C=O) groups is 2. The van der Waals surface area contributed by atoms with Crippen LogP contribution in [0.4, 0.5) is 13.2 Å². The maximum atomic E-state index is 12.8. The fraction of sp³-hybridized carbons (Fsp3) is 0.379. The minimum Gasteiger partial charge on any atom is -0.475 e. The second kappa shape index (κ2) is 11.6. The molecule has 4 nitrogen and oxygen atoms in total. The molecule has 0 fully saturated rings. The first-order chi connectivity index (χ1) is 17.5. The van der Waals surface area contributed by atoms with E-state index in [0.29, 0.717) is 27.9 Å². The lowest BCUT2D eigenvalue weighted by Gasteiger charge is -2.29. The Morgan fingerprint density at radius 3 is 2.11 bits per heavy atom. The summed E-state index contributed by atoms with van der Waals surface area (Å²) in [6, 6.07) is 15.2. The van der Waals surface area contributed by atoms with Crippen LogP contribution in [0.15, 0.2) is 59.1 Å².